The molecule has 0 aromatic heterocycles. The molecule has 0 spiro atoms. The molecule has 6 rings (SSSR count). The summed E-state index contributed by atoms with van der Waals surface area (Å²) in [5.74, 6) is -1.78. The predicted octanol–water partition coefficient (Wildman–Crippen LogP) is -12.1. The largest absolute Gasteiger partial charge is 0.397 e. The molecule has 0 radical (unpaired) electrons. The monoisotopic (exact) mass is 1200 g/mol. The third-order valence-corrected chi connectivity index (χ3v) is 14.4. The van der Waals surface area contributed by atoms with E-state index in [-0.39, 0.29) is 0 Å². The third-order valence-electron chi connectivity index (χ3n) is 13.5. The van der Waals surface area contributed by atoms with Gasteiger partial charge in [-0.25, -0.2) is 8.37 Å². The maximum Gasteiger partial charge on any atom is 0.397 e. The maximum absolute atomic E-state index is 12.6. The van der Waals surface area contributed by atoms with Crippen LogP contribution in [0.2, 0.25) is 0 Å². The van der Waals surface area contributed by atoms with Crippen LogP contribution < -0.4 is 10.6 Å². The minimum Gasteiger partial charge on any atom is -0.394 e. The first-order valence-corrected chi connectivity index (χ1v) is 26.9. The van der Waals surface area contributed by atoms with Crippen LogP contribution in [0, 0.1) is 0 Å². The van der Waals surface area contributed by atoms with E-state index in [0.29, 0.717) is 0 Å². The first-order valence-electron chi connectivity index (χ1n) is 24.1. The van der Waals surface area contributed by atoms with Crippen molar-refractivity contribution >= 4 is 32.6 Å². The van der Waals surface area contributed by atoms with E-state index in [4.69, 9.17) is 52.1 Å². The fourth-order valence-electron chi connectivity index (χ4n) is 9.47. The molecule has 2 amide bonds. The third kappa shape index (κ3) is 15.7. The number of aliphatic hydroxyl groups is 14. The highest BCUT2D eigenvalue weighted by molar-refractivity contribution is 7.81. The first kappa shape index (κ1) is 65.8. The van der Waals surface area contributed by atoms with Gasteiger partial charge in [-0.05, 0) is 13.8 Å². The molecule has 0 saturated carbocycles. The highest BCUT2D eigenvalue weighted by Gasteiger charge is 2.58. The van der Waals surface area contributed by atoms with Crippen LogP contribution in [0.1, 0.15) is 27.7 Å². The Morgan fingerprint density at radius 2 is 0.861 bits per heavy atom. The molecule has 18 N–H and O–H groups in total. The summed E-state index contributed by atoms with van der Waals surface area (Å²) in [6.45, 7) is -0.0650. The zero-order chi connectivity index (χ0) is 58.9. The highest BCUT2D eigenvalue weighted by Crippen LogP contribution is 2.37. The second kappa shape index (κ2) is 27.2. The number of carbonyl (C=O) groups excluding carboxylic acids is 2. The van der Waals surface area contributed by atoms with Crippen molar-refractivity contribution in [2.75, 3.05) is 26.4 Å². The standard InChI is InChI=1S/C40H68N2O35S2/c1-9-19(47)24(52)26(54)37(67-9)74-32-18(42-12(4)46)36(72-16(23(32)51)8-66-78(59,60)61)65-7-15-22(50)31(17(35(58)69-15)41-11(3)45)75-40-34(76-38-27(55)25(53)20(48)10(2)68-38)28(56)30(14(6-44)71-40)73-39-29(57)33(77-79(62,63)64)21(49)13(5-43)70-39/h9-10,13-40,43-44,47-58H,5-8H2,1-4H3,(H,41,45)(H,42,46)(H,59,60,61)(H,62,63,64)/t9-,10-,13+,14+,15+,16+,17+,18+,19+,20+,21-,22-,23+,24+,25+,26-,27-,28-,29+,30-,31+,32+,33-,34+,35-,36+,37-,38-,39-,40-/m0/s1. The average Bonchev–Trinajstić information content (AvgIpc) is 3.43. The summed E-state index contributed by atoms with van der Waals surface area (Å²) in [6.07, 6.45) is -56.0. The molecule has 6 saturated heterocycles. The lowest BCUT2D eigenvalue weighted by molar-refractivity contribution is -0.396. The SMILES string of the molecule is CC(=O)N[C@@H]1[C@@H](O[C@@H]2O[C@H](CO)[C@H](O[C@@H]3O[C@H](CO)[C@H](O)[C@H](OS(=O)(=O)O)[C@H]3O)[C@H](O)[C@H]2O[C@@H]2O[C@@H](C)[C@@H](O)[C@@H](O)[C@@H]2O)[C@@H](O)[C@@H](CO[C@@H]2O[C@H](COS(=O)(=O)O)[C@@H](O)[C@H](O[C@@H]3O[C@@H](C)[C@@H](O)[C@@H](O)[C@@H]3O)[C@H]2NC(C)=O)O[C@@H]1O. The number of nitrogens with one attached hydrogen (secondary N) is 2. The lowest BCUT2D eigenvalue weighted by atomic mass is 9.94. The molecule has 0 unspecified atom stereocenters. The van der Waals surface area contributed by atoms with Crippen molar-refractivity contribution in [2.45, 2.75) is 212 Å². The Balaban J connectivity index is 1.32. The number of ether oxygens (including phenoxy) is 11. The summed E-state index contributed by atoms with van der Waals surface area (Å²) in [4.78, 5) is 25.2. The van der Waals surface area contributed by atoms with E-state index in [0.717, 1.165) is 13.8 Å². The summed E-state index contributed by atoms with van der Waals surface area (Å²) in [5.41, 5.74) is 0. The van der Waals surface area contributed by atoms with Crippen LogP contribution >= 0.6 is 0 Å². The molecule has 39 heteroatoms. The Morgan fingerprint density at radius 3 is 1.37 bits per heavy atom. The van der Waals surface area contributed by atoms with Crippen molar-refractivity contribution < 1.29 is 167 Å². The fraction of sp³-hybridized carbons (Fsp3) is 0.950. The Hall–Kier alpha value is -2.32. The number of hydrogen-bond acceptors (Lipinski definition) is 33. The molecule has 37 nitrogen and oxygen atoms in total. The lowest BCUT2D eigenvalue weighted by Crippen LogP contribution is -2.70. The van der Waals surface area contributed by atoms with Gasteiger partial charge in [0, 0.05) is 13.8 Å². The zero-order valence-electron chi connectivity index (χ0n) is 41.9. The lowest BCUT2D eigenvalue weighted by Gasteiger charge is -2.50. The van der Waals surface area contributed by atoms with Gasteiger partial charge in [0.15, 0.2) is 37.7 Å². The van der Waals surface area contributed by atoms with E-state index >= 15 is 0 Å². The summed E-state index contributed by atoms with van der Waals surface area (Å²) < 4.78 is 137. The van der Waals surface area contributed by atoms with Gasteiger partial charge >= 0.3 is 20.8 Å². The molecule has 0 aromatic carbocycles. The maximum atomic E-state index is 12.6. The van der Waals surface area contributed by atoms with E-state index in [1.807, 2.05) is 0 Å². The molecule has 0 bridgehead atoms. The van der Waals surface area contributed by atoms with Crippen molar-refractivity contribution in [1.82, 2.24) is 10.6 Å². The van der Waals surface area contributed by atoms with Gasteiger partial charge in [0.25, 0.3) is 0 Å². The molecular formula is C40H68N2O35S2. The van der Waals surface area contributed by atoms with Crippen LogP contribution in [0.15, 0.2) is 0 Å². The normalized spacial score (nSPS) is 47.3. The van der Waals surface area contributed by atoms with Crippen molar-refractivity contribution in [3.63, 3.8) is 0 Å². The molecule has 0 aromatic rings. The Morgan fingerprint density at radius 1 is 0.430 bits per heavy atom. The molecule has 6 fully saturated rings. The number of aliphatic hydroxyl groups excluding tert-OH is 14. The van der Waals surface area contributed by atoms with Crippen LogP contribution in [-0.4, -0.2) is 320 Å². The summed E-state index contributed by atoms with van der Waals surface area (Å²) in [6, 6.07) is -3.62. The van der Waals surface area contributed by atoms with Gasteiger partial charge < -0.3 is 134 Å². The highest BCUT2D eigenvalue weighted by atomic mass is 32.3. The molecular weight excluding hydrogens is 1130 g/mol. The van der Waals surface area contributed by atoms with Crippen molar-refractivity contribution in [1.29, 1.82) is 0 Å². The van der Waals surface area contributed by atoms with E-state index in [1.54, 1.807) is 0 Å². The van der Waals surface area contributed by atoms with Crippen LogP contribution in [-0.2, 0) is 90.9 Å². The molecule has 6 heterocycles. The van der Waals surface area contributed by atoms with Crippen LogP contribution in [0.4, 0.5) is 0 Å². The van der Waals surface area contributed by atoms with E-state index in [2.05, 4.69) is 19.0 Å². The summed E-state index contributed by atoms with van der Waals surface area (Å²) >= 11 is 0. The van der Waals surface area contributed by atoms with Gasteiger partial charge in [-0.3, -0.25) is 18.7 Å². The van der Waals surface area contributed by atoms with Gasteiger partial charge in [-0.2, -0.15) is 16.8 Å². The minimum atomic E-state index is -5.45. The van der Waals surface area contributed by atoms with E-state index < -0.39 is 243 Å². The minimum absolute atomic E-state index is 0.877. The topological polar surface area (TPSA) is 570 Å². The summed E-state index contributed by atoms with van der Waals surface area (Å²) in [7, 11) is -10.7. The van der Waals surface area contributed by atoms with Crippen molar-refractivity contribution in [3.05, 3.63) is 0 Å². The Kier molecular flexibility index (Phi) is 22.6. The summed E-state index contributed by atoms with van der Waals surface area (Å²) in [5, 5.41) is 157. The van der Waals surface area contributed by atoms with Crippen LogP contribution in [0.25, 0.3) is 0 Å². The van der Waals surface area contributed by atoms with Gasteiger partial charge in [-0.1, -0.05) is 0 Å². The van der Waals surface area contributed by atoms with Gasteiger partial charge in [-0.15, -0.1) is 0 Å². The van der Waals surface area contributed by atoms with Crippen molar-refractivity contribution in [2.24, 2.45) is 0 Å². The smallest absolute Gasteiger partial charge is 0.394 e. The first-order chi connectivity index (χ1) is 36.8. The Bertz CT molecular complexity index is 2230. The molecule has 30 atom stereocenters. The number of amides is 2. The van der Waals surface area contributed by atoms with Crippen molar-refractivity contribution in [3.8, 4) is 0 Å². The predicted molar refractivity (Wildman–Crippen MR) is 240 cm³/mol. The zero-order valence-corrected chi connectivity index (χ0v) is 43.5. The molecule has 460 valence electrons. The number of rotatable bonds is 20. The van der Waals surface area contributed by atoms with Gasteiger partial charge in [0.1, 0.15) is 134 Å². The molecule has 0 aliphatic carbocycles. The Labute approximate surface area is 448 Å². The van der Waals surface area contributed by atoms with Crippen LogP contribution in [0.3, 0.4) is 0 Å². The van der Waals surface area contributed by atoms with E-state index in [1.165, 1.54) is 13.8 Å². The second-order valence-electron chi connectivity index (χ2n) is 19.3. The van der Waals surface area contributed by atoms with Crippen LogP contribution in [0.5, 0.6) is 0 Å². The molecule has 79 heavy (non-hydrogen) atoms. The number of carbonyl (C=O) groups is 2. The molecule has 6 aliphatic rings. The molecule has 6 aliphatic heterocycles. The van der Waals surface area contributed by atoms with Gasteiger partial charge in [0.2, 0.25) is 11.8 Å². The van der Waals surface area contributed by atoms with E-state index in [9.17, 15) is 107 Å². The average molecular weight is 1200 g/mol. The quantitative estimate of drug-likeness (QED) is 0.0503. The number of hydrogen-bond donors (Lipinski definition) is 18. The second-order valence-corrected chi connectivity index (χ2v) is 21.4. The van der Waals surface area contributed by atoms with Gasteiger partial charge in [0.05, 0.1) is 38.6 Å². The fourth-order valence-corrected chi connectivity index (χ4v) is 10.3.